The summed E-state index contributed by atoms with van der Waals surface area (Å²) in [5, 5.41) is 2.65. The van der Waals surface area contributed by atoms with Crippen molar-refractivity contribution < 1.29 is 41.0 Å². The molecule has 0 radical (unpaired) electrons. The first-order valence-corrected chi connectivity index (χ1v) is 9.07. The lowest BCUT2D eigenvalue weighted by molar-refractivity contribution is -0.228. The zero-order valence-electron chi connectivity index (χ0n) is 16.3. The van der Waals surface area contributed by atoms with Gasteiger partial charge in [-0.05, 0) is 31.2 Å². The third-order valence-electron chi connectivity index (χ3n) is 4.61. The Hall–Kier alpha value is -2.98. The van der Waals surface area contributed by atoms with Crippen molar-refractivity contribution in [3.63, 3.8) is 0 Å². The van der Waals surface area contributed by atoms with Crippen molar-refractivity contribution in [2.45, 2.75) is 13.2 Å². The van der Waals surface area contributed by atoms with Crippen LogP contribution in [0.2, 0.25) is 0 Å². The minimum Gasteiger partial charge on any atom is -0.490 e. The summed E-state index contributed by atoms with van der Waals surface area (Å²) in [5.74, 6) is -10.5. The number of hydrogen-bond acceptors (Lipinski definition) is 4. The fraction of sp³-hybridized carbons (Fsp3) is 0.286. The molecule has 1 saturated heterocycles. The van der Waals surface area contributed by atoms with E-state index in [1.54, 1.807) is 30.3 Å². The van der Waals surface area contributed by atoms with Crippen molar-refractivity contribution >= 4 is 11.6 Å². The first-order valence-electron chi connectivity index (χ1n) is 9.07. The van der Waals surface area contributed by atoms with Gasteiger partial charge in [0, 0.05) is 5.69 Å². The maximum absolute atomic E-state index is 14.0. The lowest BCUT2D eigenvalue weighted by Crippen LogP contribution is -2.45. The van der Waals surface area contributed by atoms with Gasteiger partial charge in [-0.25, -0.2) is 22.0 Å². The van der Waals surface area contributed by atoms with Crippen molar-refractivity contribution in [1.82, 2.24) is 0 Å². The Kier molecular flexibility index (Phi) is 6.61. The molecule has 166 valence electrons. The van der Waals surface area contributed by atoms with Gasteiger partial charge in [0.15, 0.2) is 29.6 Å². The molecule has 0 spiro atoms. The van der Waals surface area contributed by atoms with Gasteiger partial charge in [0.2, 0.25) is 11.7 Å². The number of halogens is 5. The molecule has 0 atom stereocenters. The fourth-order valence-corrected chi connectivity index (χ4v) is 2.81. The summed E-state index contributed by atoms with van der Waals surface area (Å²) in [5.41, 5.74) is -2.08. The van der Waals surface area contributed by atoms with E-state index < -0.39 is 52.3 Å². The van der Waals surface area contributed by atoms with Gasteiger partial charge in [-0.2, -0.15) is 0 Å². The van der Waals surface area contributed by atoms with Gasteiger partial charge in [0.1, 0.15) is 12.4 Å². The molecule has 0 unspecified atom stereocenters. The Morgan fingerprint density at radius 2 is 1.58 bits per heavy atom. The van der Waals surface area contributed by atoms with Gasteiger partial charge in [-0.15, -0.1) is 0 Å². The number of ether oxygens (including phenoxy) is 3. The average Bonchev–Trinajstić information content (AvgIpc) is 2.77. The third kappa shape index (κ3) is 4.54. The minimum atomic E-state index is -2.28. The van der Waals surface area contributed by atoms with Crippen LogP contribution in [-0.2, 0) is 14.3 Å². The summed E-state index contributed by atoms with van der Waals surface area (Å²) in [6.07, 6.45) is -0.272. The van der Waals surface area contributed by atoms with Crippen molar-refractivity contribution in [3.05, 3.63) is 71.6 Å². The summed E-state index contributed by atoms with van der Waals surface area (Å²) in [6.45, 7) is 4.56. The van der Waals surface area contributed by atoms with Crippen LogP contribution in [0.15, 0.2) is 36.9 Å². The normalized spacial score (nSPS) is 20.9. The second kappa shape index (κ2) is 9.03. The van der Waals surface area contributed by atoms with Crippen molar-refractivity contribution in [3.8, 4) is 5.75 Å². The van der Waals surface area contributed by atoms with E-state index in [9.17, 15) is 26.7 Å². The van der Waals surface area contributed by atoms with Crippen LogP contribution in [0.1, 0.15) is 18.8 Å². The van der Waals surface area contributed by atoms with E-state index in [0.717, 1.165) is 0 Å². The number of hydrogen-bond donors (Lipinski definition) is 1. The predicted molar refractivity (Wildman–Crippen MR) is 99.7 cm³/mol. The van der Waals surface area contributed by atoms with Crippen LogP contribution >= 0.6 is 0 Å². The van der Waals surface area contributed by atoms with Crippen LogP contribution in [0.25, 0.3) is 0 Å². The number of carbonyl (C=O) groups excluding carboxylic acids is 1. The highest BCUT2D eigenvalue weighted by atomic mass is 19.2. The molecule has 1 N–H and O–H groups in total. The van der Waals surface area contributed by atoms with Crippen LogP contribution < -0.4 is 10.1 Å². The zero-order valence-corrected chi connectivity index (χ0v) is 16.3. The van der Waals surface area contributed by atoms with Gasteiger partial charge in [-0.3, -0.25) is 4.79 Å². The van der Waals surface area contributed by atoms with Crippen LogP contribution in [0.4, 0.5) is 27.6 Å². The van der Waals surface area contributed by atoms with Crippen molar-refractivity contribution in [1.29, 1.82) is 0 Å². The largest absolute Gasteiger partial charge is 0.490 e. The van der Waals surface area contributed by atoms with E-state index in [-0.39, 0.29) is 13.2 Å². The second-order valence-electron chi connectivity index (χ2n) is 7.08. The molecule has 0 saturated carbocycles. The Morgan fingerprint density at radius 3 is 2.10 bits per heavy atom. The van der Waals surface area contributed by atoms with Crippen LogP contribution in [0, 0.1) is 34.5 Å². The molecule has 0 aliphatic carbocycles. The molecule has 5 nitrogen and oxygen atoms in total. The molecule has 1 amide bonds. The molecule has 2 aromatic rings. The standard InChI is InChI=1S/C21H18F5NO4/c1-3-8-29-12-6-4-11(5-7-12)27-20(28)21(2)9-30-19(31-10-21)13-14(22)16(24)18(26)17(25)15(13)23/h3-7,19H,1,8-10H2,2H3,(H,27,28). The molecule has 1 heterocycles. The van der Waals surface area contributed by atoms with E-state index in [0.29, 0.717) is 18.0 Å². The Morgan fingerprint density at radius 1 is 1.06 bits per heavy atom. The second-order valence-corrected chi connectivity index (χ2v) is 7.08. The summed E-state index contributed by atoms with van der Waals surface area (Å²) >= 11 is 0. The summed E-state index contributed by atoms with van der Waals surface area (Å²) in [4.78, 5) is 12.6. The highest BCUT2D eigenvalue weighted by molar-refractivity contribution is 5.95. The van der Waals surface area contributed by atoms with E-state index in [1.165, 1.54) is 6.92 Å². The highest BCUT2D eigenvalue weighted by Crippen LogP contribution is 2.36. The van der Waals surface area contributed by atoms with Gasteiger partial charge in [0.05, 0.1) is 24.2 Å². The fourth-order valence-electron chi connectivity index (χ4n) is 2.81. The molecule has 2 aromatic carbocycles. The van der Waals surface area contributed by atoms with Gasteiger partial charge >= 0.3 is 0 Å². The topological polar surface area (TPSA) is 56.8 Å². The van der Waals surface area contributed by atoms with Gasteiger partial charge in [0.25, 0.3) is 0 Å². The number of carbonyl (C=O) groups is 1. The molecule has 1 aliphatic heterocycles. The number of benzene rings is 2. The molecular weight excluding hydrogens is 425 g/mol. The first-order chi connectivity index (χ1) is 14.7. The molecule has 1 fully saturated rings. The maximum Gasteiger partial charge on any atom is 0.234 e. The molecule has 0 aromatic heterocycles. The number of nitrogens with one attached hydrogen (secondary N) is 1. The van der Waals surface area contributed by atoms with Crippen LogP contribution in [-0.4, -0.2) is 25.7 Å². The summed E-state index contributed by atoms with van der Waals surface area (Å²) in [7, 11) is 0. The number of amides is 1. The van der Waals surface area contributed by atoms with Crippen LogP contribution in [0.5, 0.6) is 5.75 Å². The summed E-state index contributed by atoms with van der Waals surface area (Å²) in [6, 6.07) is 6.47. The average molecular weight is 443 g/mol. The Balaban J connectivity index is 1.68. The SMILES string of the molecule is C=CCOc1ccc(NC(=O)C2(C)COC(c3c(F)c(F)c(F)c(F)c3F)OC2)cc1. The van der Waals surface area contributed by atoms with E-state index in [1.807, 2.05) is 0 Å². The predicted octanol–water partition coefficient (Wildman–Crippen LogP) is 4.64. The van der Waals surface area contributed by atoms with E-state index >= 15 is 0 Å². The van der Waals surface area contributed by atoms with E-state index in [2.05, 4.69) is 11.9 Å². The van der Waals surface area contributed by atoms with E-state index in [4.69, 9.17) is 14.2 Å². The van der Waals surface area contributed by atoms with Gasteiger partial charge in [-0.1, -0.05) is 12.7 Å². The van der Waals surface area contributed by atoms with Gasteiger partial charge < -0.3 is 19.5 Å². The molecule has 31 heavy (non-hydrogen) atoms. The number of rotatable bonds is 6. The lowest BCUT2D eigenvalue weighted by Gasteiger charge is -2.36. The maximum atomic E-state index is 14.0. The quantitative estimate of drug-likeness (QED) is 0.306. The van der Waals surface area contributed by atoms with Crippen molar-refractivity contribution in [2.24, 2.45) is 5.41 Å². The molecular formula is C21H18F5NO4. The minimum absolute atomic E-state index is 0.322. The number of anilines is 1. The highest BCUT2D eigenvalue weighted by Gasteiger charge is 2.42. The molecule has 1 aliphatic rings. The van der Waals surface area contributed by atoms with Crippen molar-refractivity contribution in [2.75, 3.05) is 25.1 Å². The Labute approximate surface area is 174 Å². The zero-order chi connectivity index (χ0) is 22.8. The molecule has 3 rings (SSSR count). The first kappa shape index (κ1) is 22.7. The Bertz CT molecular complexity index is 959. The summed E-state index contributed by atoms with van der Waals surface area (Å²) < 4.78 is 83.7. The molecule has 10 heteroatoms. The smallest absolute Gasteiger partial charge is 0.234 e. The lowest BCUT2D eigenvalue weighted by atomic mass is 9.90. The van der Waals surface area contributed by atoms with Crippen LogP contribution in [0.3, 0.4) is 0 Å². The monoisotopic (exact) mass is 443 g/mol. The molecule has 0 bridgehead atoms. The third-order valence-corrected chi connectivity index (χ3v) is 4.61.